The Balaban J connectivity index is 1.83. The van der Waals surface area contributed by atoms with E-state index in [2.05, 4.69) is 5.32 Å². The lowest BCUT2D eigenvalue weighted by atomic mass is 10.3. The molecule has 0 heterocycles. The first-order valence-corrected chi connectivity index (χ1v) is 10.9. The van der Waals surface area contributed by atoms with Gasteiger partial charge in [-0.1, -0.05) is 18.2 Å². The molecule has 0 unspecified atom stereocenters. The lowest BCUT2D eigenvalue weighted by molar-refractivity contribution is -0.116. The van der Waals surface area contributed by atoms with Gasteiger partial charge in [-0.25, -0.2) is 16.8 Å². The summed E-state index contributed by atoms with van der Waals surface area (Å²) in [5.74, 6) is -0.817. The second-order valence-electron chi connectivity index (χ2n) is 6.24. The quantitative estimate of drug-likeness (QED) is 0.782. The molecule has 0 aliphatic heterocycles. The van der Waals surface area contributed by atoms with E-state index in [9.17, 15) is 34.8 Å². The van der Waals surface area contributed by atoms with Gasteiger partial charge >= 0.3 is 5.51 Å². The van der Waals surface area contributed by atoms with Crippen LogP contribution in [0.3, 0.4) is 0 Å². The highest BCUT2D eigenvalue weighted by atomic mass is 32.2. The summed E-state index contributed by atoms with van der Waals surface area (Å²) in [5, 5.41) is 2.34. The van der Waals surface area contributed by atoms with Crippen molar-refractivity contribution in [3.63, 3.8) is 0 Å². The SMILES string of the molecule is O=C(Nc1ccc(S(=O)(=O)C(F)(F)F)cc1)C1(S(=O)(=O)c2ccccc2)CC1. The van der Waals surface area contributed by atoms with Gasteiger partial charge in [0.1, 0.15) is 0 Å². The maximum Gasteiger partial charge on any atom is 0.501 e. The van der Waals surface area contributed by atoms with Crippen LogP contribution in [-0.2, 0) is 24.5 Å². The first-order valence-electron chi connectivity index (χ1n) is 7.94. The number of halogens is 3. The highest BCUT2D eigenvalue weighted by molar-refractivity contribution is 7.94. The summed E-state index contributed by atoms with van der Waals surface area (Å²) in [7, 11) is -9.46. The minimum atomic E-state index is -5.51. The van der Waals surface area contributed by atoms with E-state index in [0.717, 1.165) is 12.1 Å². The molecule has 1 amide bonds. The van der Waals surface area contributed by atoms with E-state index in [-0.39, 0.29) is 23.4 Å². The largest absolute Gasteiger partial charge is 0.501 e. The van der Waals surface area contributed by atoms with Crippen molar-refractivity contribution in [2.75, 3.05) is 5.32 Å². The first-order chi connectivity index (χ1) is 12.9. The lowest BCUT2D eigenvalue weighted by Gasteiger charge is -2.16. The van der Waals surface area contributed by atoms with Crippen molar-refractivity contribution in [3.8, 4) is 0 Å². The number of carbonyl (C=O) groups is 1. The summed E-state index contributed by atoms with van der Waals surface area (Å²) >= 11 is 0. The molecule has 0 saturated heterocycles. The Morgan fingerprint density at radius 2 is 1.39 bits per heavy atom. The maximum atomic E-state index is 12.8. The molecule has 28 heavy (non-hydrogen) atoms. The summed E-state index contributed by atoms with van der Waals surface area (Å²) in [5.41, 5.74) is -5.46. The fourth-order valence-corrected chi connectivity index (χ4v) is 5.32. The van der Waals surface area contributed by atoms with Gasteiger partial charge in [-0.15, -0.1) is 0 Å². The molecule has 1 N–H and O–H groups in total. The molecule has 1 aliphatic carbocycles. The van der Waals surface area contributed by atoms with E-state index >= 15 is 0 Å². The highest BCUT2D eigenvalue weighted by Gasteiger charge is 2.61. The molecule has 2 aromatic rings. The number of benzene rings is 2. The number of amides is 1. The molecule has 0 atom stereocenters. The van der Waals surface area contributed by atoms with Crippen LogP contribution < -0.4 is 5.32 Å². The zero-order valence-electron chi connectivity index (χ0n) is 14.1. The van der Waals surface area contributed by atoms with E-state index in [1.54, 1.807) is 6.07 Å². The molecule has 1 saturated carbocycles. The van der Waals surface area contributed by atoms with Gasteiger partial charge in [0, 0.05) is 5.69 Å². The molecule has 0 radical (unpaired) electrons. The van der Waals surface area contributed by atoms with E-state index < -0.39 is 40.7 Å². The van der Waals surface area contributed by atoms with Gasteiger partial charge in [0.25, 0.3) is 9.84 Å². The van der Waals surface area contributed by atoms with Gasteiger partial charge in [0.15, 0.2) is 14.6 Å². The van der Waals surface area contributed by atoms with Crippen molar-refractivity contribution < 1.29 is 34.8 Å². The summed E-state index contributed by atoms with van der Waals surface area (Å²) in [6.45, 7) is 0. The van der Waals surface area contributed by atoms with Gasteiger partial charge in [-0.05, 0) is 49.2 Å². The van der Waals surface area contributed by atoms with Crippen LogP contribution in [-0.4, -0.2) is 33.0 Å². The topological polar surface area (TPSA) is 97.4 Å². The number of rotatable bonds is 5. The number of hydrogen-bond donors (Lipinski definition) is 1. The van der Waals surface area contributed by atoms with E-state index in [1.165, 1.54) is 24.3 Å². The lowest BCUT2D eigenvalue weighted by Crippen LogP contribution is -2.37. The Kier molecular flexibility index (Phi) is 4.79. The Morgan fingerprint density at radius 3 is 1.86 bits per heavy atom. The summed E-state index contributed by atoms with van der Waals surface area (Å²) < 4.78 is 84.3. The van der Waals surface area contributed by atoms with Gasteiger partial charge in [-0.3, -0.25) is 4.79 Å². The summed E-state index contributed by atoms with van der Waals surface area (Å²) in [6, 6.07) is 10.8. The number of alkyl halides is 3. The number of sulfone groups is 2. The van der Waals surface area contributed by atoms with Crippen LogP contribution in [0.15, 0.2) is 64.4 Å². The average Bonchev–Trinajstić information content (AvgIpc) is 3.44. The van der Waals surface area contributed by atoms with Gasteiger partial charge in [-0.2, -0.15) is 13.2 Å². The van der Waals surface area contributed by atoms with Gasteiger partial charge in [0.2, 0.25) is 5.91 Å². The van der Waals surface area contributed by atoms with Gasteiger partial charge in [0.05, 0.1) is 9.79 Å². The third-order valence-corrected chi connectivity index (χ3v) is 8.43. The van der Waals surface area contributed by atoms with Gasteiger partial charge < -0.3 is 5.32 Å². The summed E-state index contributed by atoms with van der Waals surface area (Å²) in [4.78, 5) is 11.6. The second-order valence-corrected chi connectivity index (χ2v) is 10.4. The summed E-state index contributed by atoms with van der Waals surface area (Å²) in [6.07, 6.45) is 0.215. The van der Waals surface area contributed by atoms with Crippen molar-refractivity contribution in [2.24, 2.45) is 0 Å². The Bertz CT molecular complexity index is 1110. The van der Waals surface area contributed by atoms with Crippen molar-refractivity contribution in [1.29, 1.82) is 0 Å². The van der Waals surface area contributed by atoms with Crippen molar-refractivity contribution in [3.05, 3.63) is 54.6 Å². The predicted octanol–water partition coefficient (Wildman–Crippen LogP) is 2.93. The van der Waals surface area contributed by atoms with Crippen LogP contribution in [0, 0.1) is 0 Å². The Labute approximate surface area is 159 Å². The number of hydrogen-bond acceptors (Lipinski definition) is 5. The predicted molar refractivity (Wildman–Crippen MR) is 93.9 cm³/mol. The average molecular weight is 433 g/mol. The monoisotopic (exact) mass is 433 g/mol. The van der Waals surface area contributed by atoms with Crippen molar-refractivity contribution >= 4 is 31.3 Å². The van der Waals surface area contributed by atoms with Crippen LogP contribution in [0.1, 0.15) is 12.8 Å². The van der Waals surface area contributed by atoms with E-state index in [1.807, 2.05) is 0 Å². The fourth-order valence-electron chi connectivity index (χ4n) is 2.65. The molecule has 6 nitrogen and oxygen atoms in total. The van der Waals surface area contributed by atoms with E-state index in [0.29, 0.717) is 12.1 Å². The zero-order valence-corrected chi connectivity index (χ0v) is 15.7. The molecular formula is C17H14F3NO5S2. The Hall–Kier alpha value is -2.40. The normalized spacial score (nSPS) is 16.4. The minimum Gasteiger partial charge on any atom is -0.325 e. The van der Waals surface area contributed by atoms with Crippen LogP contribution >= 0.6 is 0 Å². The molecule has 11 heteroatoms. The second kappa shape index (κ2) is 6.59. The highest BCUT2D eigenvalue weighted by Crippen LogP contribution is 2.47. The first kappa shape index (κ1) is 20.3. The van der Waals surface area contributed by atoms with E-state index in [4.69, 9.17) is 0 Å². The fraction of sp³-hybridized carbons (Fsp3) is 0.235. The molecule has 0 spiro atoms. The minimum absolute atomic E-state index is 0.00531. The molecule has 1 fully saturated rings. The molecule has 3 rings (SSSR count). The van der Waals surface area contributed by atoms with Crippen LogP contribution in [0.4, 0.5) is 18.9 Å². The molecule has 1 aliphatic rings. The third kappa shape index (κ3) is 3.28. The smallest absolute Gasteiger partial charge is 0.325 e. The van der Waals surface area contributed by atoms with Crippen LogP contribution in [0.5, 0.6) is 0 Å². The van der Waals surface area contributed by atoms with Crippen molar-refractivity contribution in [2.45, 2.75) is 32.9 Å². The molecule has 0 bridgehead atoms. The molecular weight excluding hydrogens is 419 g/mol. The molecule has 150 valence electrons. The number of carbonyl (C=O) groups excluding carboxylic acids is 1. The standard InChI is InChI=1S/C17H14F3NO5S2/c18-17(19,20)28(25,26)14-8-6-12(7-9-14)21-15(22)16(10-11-16)27(23,24)13-4-2-1-3-5-13/h1-9H,10-11H2,(H,21,22). The molecule has 0 aromatic heterocycles. The van der Waals surface area contributed by atoms with Crippen LogP contribution in [0.2, 0.25) is 0 Å². The zero-order chi connectivity index (χ0) is 20.8. The maximum absolute atomic E-state index is 12.8. The molecule has 2 aromatic carbocycles. The third-order valence-electron chi connectivity index (χ3n) is 4.41. The van der Waals surface area contributed by atoms with Crippen molar-refractivity contribution in [1.82, 2.24) is 0 Å². The van der Waals surface area contributed by atoms with Crippen LogP contribution in [0.25, 0.3) is 0 Å². The Morgan fingerprint density at radius 1 is 0.857 bits per heavy atom. The number of anilines is 1. The number of nitrogens with one attached hydrogen (secondary N) is 1.